The van der Waals surface area contributed by atoms with Gasteiger partial charge >= 0.3 is 0 Å². The number of nitrogens with zero attached hydrogens (tertiary/aromatic N) is 4. The molecule has 0 unspecified atom stereocenters. The summed E-state index contributed by atoms with van der Waals surface area (Å²) in [5, 5.41) is 0. The summed E-state index contributed by atoms with van der Waals surface area (Å²) in [5.41, 5.74) is 1.82. The maximum absolute atomic E-state index is 5.96. The molecule has 0 aromatic carbocycles. The molecule has 0 aliphatic carbocycles. The first-order valence-corrected chi connectivity index (χ1v) is 6.89. The van der Waals surface area contributed by atoms with Crippen molar-refractivity contribution in [1.29, 1.82) is 0 Å². The Balaban J connectivity index is 1.59. The Labute approximate surface area is 111 Å². The minimum atomic E-state index is 0.149. The van der Waals surface area contributed by atoms with Crippen molar-refractivity contribution in [2.75, 3.05) is 24.6 Å². The zero-order valence-corrected chi connectivity index (χ0v) is 10.8. The van der Waals surface area contributed by atoms with Crippen LogP contribution in [0.4, 0.5) is 5.82 Å². The Bertz CT molecular complexity index is 579. The highest BCUT2D eigenvalue weighted by molar-refractivity contribution is 5.82. The number of H-pyrrole nitrogens is 1. The first-order valence-electron chi connectivity index (χ1n) is 6.89. The lowest BCUT2D eigenvalue weighted by Gasteiger charge is -2.39. The van der Waals surface area contributed by atoms with Gasteiger partial charge in [0.1, 0.15) is 11.8 Å². The average molecular weight is 259 g/mol. The van der Waals surface area contributed by atoms with Crippen molar-refractivity contribution in [3.05, 3.63) is 12.7 Å². The van der Waals surface area contributed by atoms with Gasteiger partial charge in [0.25, 0.3) is 0 Å². The molecule has 2 aromatic rings. The molecular formula is C13H17N5O. The van der Waals surface area contributed by atoms with E-state index in [-0.39, 0.29) is 5.60 Å². The second-order valence-electron chi connectivity index (χ2n) is 5.42. The molecule has 2 fully saturated rings. The highest BCUT2D eigenvalue weighted by atomic mass is 16.5. The normalized spacial score (nSPS) is 22.4. The zero-order chi connectivity index (χ0) is 12.7. The van der Waals surface area contributed by atoms with Crippen LogP contribution in [0.5, 0.6) is 0 Å². The number of hydrogen-bond donors (Lipinski definition) is 1. The second kappa shape index (κ2) is 4.16. The predicted octanol–water partition coefficient (Wildman–Crippen LogP) is 1.50. The minimum absolute atomic E-state index is 0.149. The molecule has 0 saturated carbocycles. The number of rotatable bonds is 1. The Kier molecular flexibility index (Phi) is 2.44. The van der Waals surface area contributed by atoms with E-state index >= 15 is 0 Å². The molecular weight excluding hydrogens is 242 g/mol. The summed E-state index contributed by atoms with van der Waals surface area (Å²) in [4.78, 5) is 18.2. The number of aromatic nitrogens is 4. The Morgan fingerprint density at radius 1 is 1.16 bits per heavy atom. The number of imidazole rings is 1. The van der Waals surface area contributed by atoms with Gasteiger partial charge in [0.05, 0.1) is 11.9 Å². The number of aromatic amines is 1. The van der Waals surface area contributed by atoms with Crippen LogP contribution >= 0.6 is 0 Å². The molecule has 4 rings (SSSR count). The number of fused-ring (bicyclic) bond motifs is 1. The fraction of sp³-hybridized carbons (Fsp3) is 0.615. The summed E-state index contributed by atoms with van der Waals surface area (Å²) in [6.45, 7) is 2.91. The van der Waals surface area contributed by atoms with Crippen molar-refractivity contribution in [1.82, 2.24) is 19.9 Å². The van der Waals surface area contributed by atoms with E-state index in [4.69, 9.17) is 4.74 Å². The van der Waals surface area contributed by atoms with Crippen LogP contribution in [0.25, 0.3) is 11.2 Å². The minimum Gasteiger partial charge on any atom is -0.375 e. The molecule has 2 aliphatic heterocycles. The Hall–Kier alpha value is -1.69. The van der Waals surface area contributed by atoms with Gasteiger partial charge in [0.15, 0.2) is 11.5 Å². The third-order valence-electron chi connectivity index (χ3n) is 4.36. The van der Waals surface area contributed by atoms with Gasteiger partial charge in [-0.25, -0.2) is 15.0 Å². The molecule has 19 heavy (non-hydrogen) atoms. The Morgan fingerprint density at radius 3 is 2.84 bits per heavy atom. The summed E-state index contributed by atoms with van der Waals surface area (Å²) >= 11 is 0. The fourth-order valence-corrected chi connectivity index (χ4v) is 3.27. The van der Waals surface area contributed by atoms with E-state index < -0.39 is 0 Å². The van der Waals surface area contributed by atoms with Crippen LogP contribution in [-0.2, 0) is 4.74 Å². The molecule has 2 saturated heterocycles. The molecule has 100 valence electrons. The van der Waals surface area contributed by atoms with E-state index in [1.807, 2.05) is 0 Å². The van der Waals surface area contributed by atoms with E-state index in [0.29, 0.717) is 0 Å². The smallest absolute Gasteiger partial charge is 0.182 e. The van der Waals surface area contributed by atoms with E-state index in [9.17, 15) is 0 Å². The van der Waals surface area contributed by atoms with Gasteiger partial charge in [-0.15, -0.1) is 0 Å². The average Bonchev–Trinajstić information content (AvgIpc) is 3.09. The van der Waals surface area contributed by atoms with Crippen LogP contribution < -0.4 is 4.90 Å². The Morgan fingerprint density at radius 2 is 2.05 bits per heavy atom. The van der Waals surface area contributed by atoms with Crippen LogP contribution in [0, 0.1) is 0 Å². The third-order valence-corrected chi connectivity index (χ3v) is 4.36. The maximum atomic E-state index is 5.96. The standard InChI is InChI=1S/C13H17N5O/c1-2-13(19-7-1)3-5-18(6-4-13)12-10-11(15-8-14-10)16-9-17-12/h8-9H,1-7H2,(H,14,15,16,17). The van der Waals surface area contributed by atoms with Gasteiger partial charge in [-0.2, -0.15) is 0 Å². The molecule has 6 heteroatoms. The van der Waals surface area contributed by atoms with Crippen LogP contribution in [0.2, 0.25) is 0 Å². The summed E-state index contributed by atoms with van der Waals surface area (Å²) in [5.74, 6) is 0.968. The number of piperidine rings is 1. The molecule has 2 aliphatic rings. The number of nitrogens with one attached hydrogen (secondary N) is 1. The number of hydrogen-bond acceptors (Lipinski definition) is 5. The molecule has 0 radical (unpaired) electrons. The predicted molar refractivity (Wildman–Crippen MR) is 71.0 cm³/mol. The molecule has 4 heterocycles. The van der Waals surface area contributed by atoms with Crippen molar-refractivity contribution in [3.63, 3.8) is 0 Å². The van der Waals surface area contributed by atoms with Crippen molar-refractivity contribution in [2.24, 2.45) is 0 Å². The largest absolute Gasteiger partial charge is 0.375 e. The van der Waals surface area contributed by atoms with Crippen LogP contribution in [0.3, 0.4) is 0 Å². The molecule has 6 nitrogen and oxygen atoms in total. The van der Waals surface area contributed by atoms with Gasteiger partial charge in [-0.3, -0.25) is 0 Å². The SMILES string of the molecule is c1nc(N2CCC3(CCCO3)CC2)c2[nH]cnc2n1. The molecule has 0 bridgehead atoms. The first kappa shape index (κ1) is 11.2. The van der Waals surface area contributed by atoms with Gasteiger partial charge in [-0.05, 0) is 25.7 Å². The summed E-state index contributed by atoms with van der Waals surface area (Å²) in [7, 11) is 0. The lowest BCUT2D eigenvalue weighted by atomic mass is 9.89. The number of anilines is 1. The summed E-state index contributed by atoms with van der Waals surface area (Å²) in [6.07, 6.45) is 7.87. The zero-order valence-electron chi connectivity index (χ0n) is 10.8. The molecule has 2 aromatic heterocycles. The summed E-state index contributed by atoms with van der Waals surface area (Å²) in [6, 6.07) is 0. The van der Waals surface area contributed by atoms with Crippen molar-refractivity contribution in [3.8, 4) is 0 Å². The van der Waals surface area contributed by atoms with Gasteiger partial charge in [0, 0.05) is 19.7 Å². The number of ether oxygens (including phenoxy) is 1. The molecule has 0 amide bonds. The van der Waals surface area contributed by atoms with E-state index in [1.54, 1.807) is 12.7 Å². The second-order valence-corrected chi connectivity index (χ2v) is 5.42. The summed E-state index contributed by atoms with van der Waals surface area (Å²) < 4.78 is 5.96. The quantitative estimate of drug-likeness (QED) is 0.840. The lowest BCUT2D eigenvalue weighted by Crippen LogP contribution is -2.44. The molecule has 1 N–H and O–H groups in total. The van der Waals surface area contributed by atoms with Gasteiger partial charge in [-0.1, -0.05) is 0 Å². The van der Waals surface area contributed by atoms with E-state index in [1.165, 1.54) is 12.8 Å². The van der Waals surface area contributed by atoms with Crippen LogP contribution in [0.1, 0.15) is 25.7 Å². The van der Waals surface area contributed by atoms with Crippen molar-refractivity contribution in [2.45, 2.75) is 31.3 Å². The monoisotopic (exact) mass is 259 g/mol. The van der Waals surface area contributed by atoms with E-state index in [0.717, 1.165) is 49.5 Å². The van der Waals surface area contributed by atoms with Gasteiger partial charge < -0.3 is 14.6 Å². The van der Waals surface area contributed by atoms with E-state index in [2.05, 4.69) is 24.8 Å². The maximum Gasteiger partial charge on any atom is 0.182 e. The highest BCUT2D eigenvalue weighted by Crippen LogP contribution is 2.37. The molecule has 0 atom stereocenters. The highest BCUT2D eigenvalue weighted by Gasteiger charge is 2.38. The lowest BCUT2D eigenvalue weighted by molar-refractivity contribution is -0.0146. The first-order chi connectivity index (χ1) is 9.36. The fourth-order valence-electron chi connectivity index (χ4n) is 3.27. The topological polar surface area (TPSA) is 66.9 Å². The molecule has 1 spiro atoms. The van der Waals surface area contributed by atoms with Crippen molar-refractivity contribution >= 4 is 17.0 Å². The van der Waals surface area contributed by atoms with Crippen LogP contribution in [0.15, 0.2) is 12.7 Å². The van der Waals surface area contributed by atoms with Crippen LogP contribution in [-0.4, -0.2) is 45.2 Å². The third kappa shape index (κ3) is 1.78. The van der Waals surface area contributed by atoms with Gasteiger partial charge in [0.2, 0.25) is 0 Å². The van der Waals surface area contributed by atoms with Crippen molar-refractivity contribution < 1.29 is 4.74 Å².